The van der Waals surface area contributed by atoms with Gasteiger partial charge in [0.25, 0.3) is 11.8 Å². The molecule has 69 heavy (non-hydrogen) atoms. The zero-order chi connectivity index (χ0) is 48.8. The number of hydrogen-bond donors (Lipinski definition) is 0. The van der Waals surface area contributed by atoms with Crippen LogP contribution in [0.4, 0.5) is 0 Å². The number of amides is 2. The summed E-state index contributed by atoms with van der Waals surface area (Å²) in [5.41, 5.74) is 11.4. The average molecular weight is 983 g/mol. The number of fused-ring (bicyclic) bond motifs is 6. The number of carbonyl (C=O) groups is 2. The molecule has 0 fully saturated rings. The number of nitrogens with zero attached hydrogens (tertiary/aromatic N) is 8. The zero-order valence-corrected chi connectivity index (χ0v) is 43.3. The molecule has 0 bridgehead atoms. The summed E-state index contributed by atoms with van der Waals surface area (Å²) >= 11 is 4.82. The summed E-state index contributed by atoms with van der Waals surface area (Å²) < 4.78 is 30.4. The van der Waals surface area contributed by atoms with Crippen molar-refractivity contribution < 1.29 is 28.5 Å². The van der Waals surface area contributed by atoms with Gasteiger partial charge in [-0.3, -0.25) is 14.3 Å². The highest BCUT2D eigenvalue weighted by molar-refractivity contribution is 7.10. The van der Waals surface area contributed by atoms with E-state index in [2.05, 4.69) is 51.3 Å². The van der Waals surface area contributed by atoms with Gasteiger partial charge >= 0.3 is 0 Å². The summed E-state index contributed by atoms with van der Waals surface area (Å²) in [6, 6.07) is 14.1. The minimum absolute atomic E-state index is 0.166. The summed E-state index contributed by atoms with van der Waals surface area (Å²) in [7, 11) is 8.87. The van der Waals surface area contributed by atoms with Crippen LogP contribution >= 0.6 is 34.0 Å². The second-order valence-electron chi connectivity index (χ2n) is 19.1. The second kappa shape index (κ2) is 17.1. The van der Waals surface area contributed by atoms with Gasteiger partial charge in [-0.15, -0.1) is 11.3 Å². The standard InChI is InChI=1S/C52H54N8O6S3/c1-28-39(53-58(10)46(28)34-20-36-43(22-41(34)64-12)66-24-37-44(49(61)56(8)51(3,4)5)54-60(48(36)37)31-14-17-68-27-31)23-52(6,7)57(9)50(62)45-38-25-65-42-21-40(63-11)33(32-15-18-69-29(32)2)19-35(42)47(38)59(55-45)30-13-16-67-26-30/h13-22,26-27H,23-25H2,1-12H3. The van der Waals surface area contributed by atoms with Crippen molar-refractivity contribution in [3.8, 4) is 79.3 Å². The van der Waals surface area contributed by atoms with Crippen LogP contribution in [0.25, 0.3) is 56.3 Å². The van der Waals surface area contributed by atoms with Crippen LogP contribution < -0.4 is 18.9 Å². The number of hydrogen-bond acceptors (Lipinski definition) is 12. The van der Waals surface area contributed by atoms with Crippen LogP contribution in [0.15, 0.2) is 69.4 Å². The third kappa shape index (κ3) is 7.61. The topological polar surface area (TPSA) is 131 Å². The lowest BCUT2D eigenvalue weighted by Gasteiger charge is -2.35. The van der Waals surface area contributed by atoms with Crippen molar-refractivity contribution in [2.45, 2.75) is 79.2 Å². The normalized spacial score (nSPS) is 12.9. The summed E-state index contributed by atoms with van der Waals surface area (Å²) in [6.45, 7) is 14.6. The van der Waals surface area contributed by atoms with Crippen molar-refractivity contribution in [2.24, 2.45) is 7.05 Å². The number of likely N-dealkylation sites (N-methyl/N-ethyl adjacent to an activating group) is 1. The first-order valence-corrected chi connectivity index (χ1v) is 25.3. The maximum Gasteiger partial charge on any atom is 0.275 e. The molecule has 0 atom stereocenters. The Morgan fingerprint density at radius 3 is 1.68 bits per heavy atom. The molecule has 0 spiro atoms. The number of aromatic nitrogens is 6. The van der Waals surface area contributed by atoms with E-state index in [1.807, 2.05) is 94.7 Å². The number of benzene rings is 2. The summed E-state index contributed by atoms with van der Waals surface area (Å²) in [4.78, 5) is 33.7. The van der Waals surface area contributed by atoms with Crippen LogP contribution in [0.5, 0.6) is 23.0 Å². The van der Waals surface area contributed by atoms with Gasteiger partial charge in [0.05, 0.1) is 48.4 Å². The van der Waals surface area contributed by atoms with E-state index in [0.29, 0.717) is 40.8 Å². The van der Waals surface area contributed by atoms with Crippen LogP contribution in [0, 0.1) is 13.8 Å². The molecule has 8 heterocycles. The molecule has 0 radical (unpaired) electrons. The summed E-state index contributed by atoms with van der Waals surface area (Å²) in [6.07, 6.45) is 0.434. The van der Waals surface area contributed by atoms with Crippen molar-refractivity contribution in [3.63, 3.8) is 0 Å². The van der Waals surface area contributed by atoms with Crippen LogP contribution in [0.1, 0.15) is 82.9 Å². The Balaban J connectivity index is 1.01. The molecule has 0 saturated heterocycles. The minimum atomic E-state index is -0.726. The summed E-state index contributed by atoms with van der Waals surface area (Å²) in [5.74, 6) is 2.21. The highest BCUT2D eigenvalue weighted by atomic mass is 32.1. The third-order valence-corrected chi connectivity index (χ3v) is 15.8. The molecule has 14 nitrogen and oxygen atoms in total. The van der Waals surface area contributed by atoms with Gasteiger partial charge in [0.2, 0.25) is 0 Å². The highest BCUT2D eigenvalue weighted by Crippen LogP contribution is 2.49. The Morgan fingerprint density at radius 1 is 0.681 bits per heavy atom. The SMILES string of the molecule is COc1cc2c(cc1-c1ccsc1C)-c1c(c(C(=O)N(C)C(C)(C)Cc3nn(C)c(-c4cc5c(cc4OC)OCc4c(C(=O)N(C)C(C)(C)C)nn(-c6ccsc6)c4-5)c3C)nn1-c1ccsc1)CO2. The molecule has 0 unspecified atom stereocenters. The predicted molar refractivity (Wildman–Crippen MR) is 272 cm³/mol. The lowest BCUT2D eigenvalue weighted by Crippen LogP contribution is -2.47. The molecule has 2 aliphatic rings. The number of aryl methyl sites for hydroxylation is 2. The number of carbonyl (C=O) groups excluding carboxylic acids is 2. The molecular weight excluding hydrogens is 929 g/mol. The van der Waals surface area contributed by atoms with E-state index < -0.39 is 11.1 Å². The molecule has 0 saturated carbocycles. The van der Waals surface area contributed by atoms with E-state index in [-0.39, 0.29) is 25.0 Å². The van der Waals surface area contributed by atoms with Gasteiger partial charge in [0.1, 0.15) is 36.2 Å². The monoisotopic (exact) mass is 982 g/mol. The fourth-order valence-electron chi connectivity index (χ4n) is 9.28. The van der Waals surface area contributed by atoms with Crippen molar-refractivity contribution in [2.75, 3.05) is 28.3 Å². The van der Waals surface area contributed by atoms with Gasteiger partial charge in [-0.2, -0.15) is 38.0 Å². The van der Waals surface area contributed by atoms with E-state index in [0.717, 1.165) is 78.7 Å². The lowest BCUT2D eigenvalue weighted by atomic mass is 9.92. The maximum atomic E-state index is 15.0. The van der Waals surface area contributed by atoms with E-state index in [9.17, 15) is 9.59 Å². The Labute approximate surface area is 413 Å². The van der Waals surface area contributed by atoms with E-state index >= 15 is 0 Å². The van der Waals surface area contributed by atoms with Crippen LogP contribution in [0.2, 0.25) is 0 Å². The molecule has 356 valence electrons. The fraction of sp³-hybridized carbons (Fsp3) is 0.327. The molecule has 6 aromatic heterocycles. The first-order chi connectivity index (χ1) is 32.9. The van der Waals surface area contributed by atoms with Crippen LogP contribution in [0.3, 0.4) is 0 Å². The van der Waals surface area contributed by atoms with Crippen LogP contribution in [-0.2, 0) is 26.7 Å². The van der Waals surface area contributed by atoms with Gasteiger partial charge in [0, 0.05) is 99.8 Å². The van der Waals surface area contributed by atoms with Gasteiger partial charge in [0.15, 0.2) is 11.4 Å². The first kappa shape index (κ1) is 46.1. The van der Waals surface area contributed by atoms with Gasteiger partial charge in [-0.1, -0.05) is 0 Å². The minimum Gasteiger partial charge on any atom is -0.496 e. The third-order valence-electron chi connectivity index (χ3n) is 13.6. The molecule has 10 rings (SSSR count). The van der Waals surface area contributed by atoms with Crippen molar-refractivity contribution in [1.82, 2.24) is 39.1 Å². The second-order valence-corrected chi connectivity index (χ2v) is 21.8. The first-order valence-electron chi connectivity index (χ1n) is 22.5. The highest BCUT2D eigenvalue weighted by Gasteiger charge is 2.39. The van der Waals surface area contributed by atoms with Gasteiger partial charge in [-0.25, -0.2) is 9.36 Å². The number of thiophene rings is 3. The quantitative estimate of drug-likeness (QED) is 0.124. The van der Waals surface area contributed by atoms with E-state index in [4.69, 9.17) is 34.2 Å². The van der Waals surface area contributed by atoms with Crippen molar-refractivity contribution in [1.29, 1.82) is 0 Å². The number of rotatable bonds is 11. The molecule has 17 heteroatoms. The average Bonchev–Trinajstić information content (AvgIpc) is 4.20. The number of methoxy groups -OCH3 is 2. The van der Waals surface area contributed by atoms with Crippen molar-refractivity contribution in [3.05, 3.63) is 108 Å². The molecule has 0 aliphatic carbocycles. The van der Waals surface area contributed by atoms with E-state index in [1.165, 1.54) is 4.88 Å². The smallest absolute Gasteiger partial charge is 0.275 e. The number of ether oxygens (including phenoxy) is 4. The summed E-state index contributed by atoms with van der Waals surface area (Å²) in [5, 5.41) is 25.3. The maximum absolute atomic E-state index is 15.0. The molecular formula is C52H54N8O6S3. The molecule has 2 amide bonds. The largest absolute Gasteiger partial charge is 0.496 e. The molecule has 2 aromatic carbocycles. The van der Waals surface area contributed by atoms with Crippen LogP contribution in [-0.4, -0.2) is 90.3 Å². The lowest BCUT2D eigenvalue weighted by molar-refractivity contribution is 0.0613. The van der Waals surface area contributed by atoms with Gasteiger partial charge < -0.3 is 28.7 Å². The predicted octanol–water partition coefficient (Wildman–Crippen LogP) is 11.0. The molecule has 0 N–H and O–H groups in total. The Bertz CT molecular complexity index is 3310. The molecule has 8 aromatic rings. The fourth-order valence-corrected chi connectivity index (χ4v) is 11.2. The zero-order valence-electron chi connectivity index (χ0n) is 40.8. The van der Waals surface area contributed by atoms with Crippen molar-refractivity contribution >= 4 is 45.8 Å². The Kier molecular flexibility index (Phi) is 11.4. The van der Waals surface area contributed by atoms with E-state index in [1.54, 1.807) is 65.1 Å². The Morgan fingerprint density at radius 2 is 1.20 bits per heavy atom. The Hall–Kier alpha value is -6.69. The van der Waals surface area contributed by atoms with Gasteiger partial charge in [-0.05, 0) is 106 Å². The molecule has 2 aliphatic heterocycles.